The van der Waals surface area contributed by atoms with E-state index in [0.717, 1.165) is 5.69 Å². The number of aromatic nitrogens is 6. The summed E-state index contributed by atoms with van der Waals surface area (Å²) in [6, 6.07) is 5.62. The van der Waals surface area contributed by atoms with Gasteiger partial charge in [0.15, 0.2) is 5.82 Å². The van der Waals surface area contributed by atoms with Gasteiger partial charge in [0.25, 0.3) is 0 Å². The highest BCUT2D eigenvalue weighted by Crippen LogP contribution is 2.15. The first-order valence-corrected chi connectivity index (χ1v) is 5.56. The summed E-state index contributed by atoms with van der Waals surface area (Å²) in [4.78, 5) is 16.7. The van der Waals surface area contributed by atoms with Gasteiger partial charge in [-0.05, 0) is 12.1 Å². The van der Waals surface area contributed by atoms with E-state index < -0.39 is 0 Å². The van der Waals surface area contributed by atoms with Gasteiger partial charge in [-0.1, -0.05) is 6.07 Å². The minimum Gasteiger partial charge on any atom is -0.306 e. The number of hydrogen-bond acceptors (Lipinski definition) is 7. The Kier molecular flexibility index (Phi) is 3.01. The van der Waals surface area contributed by atoms with Gasteiger partial charge < -0.3 is 5.32 Å². The summed E-state index contributed by atoms with van der Waals surface area (Å²) in [7, 11) is 0. The van der Waals surface area contributed by atoms with Crippen molar-refractivity contribution in [3.05, 3.63) is 49.2 Å². The summed E-state index contributed by atoms with van der Waals surface area (Å²) in [5.41, 5.74) is 1.43. The molecule has 0 aliphatic heterocycles. The molecule has 92 valence electrons. The predicted octanol–water partition coefficient (Wildman–Crippen LogP) is 1.47. The molecule has 7 heteroatoms. The maximum atomic E-state index is 4.39. The van der Waals surface area contributed by atoms with Crippen LogP contribution in [-0.4, -0.2) is 30.1 Å². The van der Waals surface area contributed by atoms with Crippen LogP contribution in [0.1, 0.15) is 0 Å². The van der Waals surface area contributed by atoms with Crippen molar-refractivity contribution >= 4 is 11.8 Å². The molecule has 0 atom stereocenters. The SMILES string of the molecule is c1ccc(-c2cncc(Nc3nccnn3)n2)nc1. The molecule has 19 heavy (non-hydrogen) atoms. The van der Waals surface area contributed by atoms with Crippen molar-refractivity contribution in [2.24, 2.45) is 0 Å². The topological polar surface area (TPSA) is 89.4 Å². The fourth-order valence-electron chi connectivity index (χ4n) is 1.48. The highest BCUT2D eigenvalue weighted by atomic mass is 15.2. The normalized spacial score (nSPS) is 10.1. The van der Waals surface area contributed by atoms with Crippen molar-refractivity contribution in [3.63, 3.8) is 0 Å². The number of nitrogens with one attached hydrogen (secondary N) is 1. The van der Waals surface area contributed by atoms with Crippen LogP contribution >= 0.6 is 0 Å². The lowest BCUT2D eigenvalue weighted by Gasteiger charge is -2.04. The van der Waals surface area contributed by atoms with Crippen molar-refractivity contribution in [2.75, 3.05) is 5.32 Å². The van der Waals surface area contributed by atoms with Crippen molar-refractivity contribution in [2.45, 2.75) is 0 Å². The average molecular weight is 251 g/mol. The standard InChI is InChI=1S/C12H9N7/c1-2-4-14-9(3-1)10-7-13-8-11(17-10)18-12-15-5-6-16-19-12/h1-8H,(H,15,17,18,19). The van der Waals surface area contributed by atoms with Gasteiger partial charge in [0.05, 0.1) is 30.5 Å². The van der Waals surface area contributed by atoms with Crippen LogP contribution in [0.15, 0.2) is 49.2 Å². The predicted molar refractivity (Wildman–Crippen MR) is 68.4 cm³/mol. The van der Waals surface area contributed by atoms with Crippen LogP contribution in [0.2, 0.25) is 0 Å². The van der Waals surface area contributed by atoms with Crippen LogP contribution in [0.5, 0.6) is 0 Å². The number of anilines is 2. The summed E-state index contributed by atoms with van der Waals surface area (Å²) in [6.45, 7) is 0. The summed E-state index contributed by atoms with van der Waals surface area (Å²) < 4.78 is 0. The number of rotatable bonds is 3. The first-order chi connectivity index (χ1) is 9.42. The molecule has 0 spiro atoms. The zero-order valence-corrected chi connectivity index (χ0v) is 9.80. The Labute approximate surface area is 108 Å². The van der Waals surface area contributed by atoms with Crippen molar-refractivity contribution in [3.8, 4) is 11.4 Å². The van der Waals surface area contributed by atoms with Gasteiger partial charge in [-0.25, -0.2) is 9.97 Å². The van der Waals surface area contributed by atoms with Crippen LogP contribution in [0.25, 0.3) is 11.4 Å². The van der Waals surface area contributed by atoms with E-state index in [1.165, 1.54) is 6.20 Å². The van der Waals surface area contributed by atoms with E-state index in [-0.39, 0.29) is 0 Å². The zero-order valence-electron chi connectivity index (χ0n) is 9.80. The average Bonchev–Trinajstić information content (AvgIpc) is 2.49. The Balaban J connectivity index is 1.89. The second-order valence-electron chi connectivity index (χ2n) is 3.60. The monoisotopic (exact) mass is 251 g/mol. The second-order valence-corrected chi connectivity index (χ2v) is 3.60. The third-order valence-electron chi connectivity index (χ3n) is 2.28. The summed E-state index contributed by atoms with van der Waals surface area (Å²) >= 11 is 0. The molecular formula is C12H9N7. The molecule has 0 aromatic carbocycles. The van der Waals surface area contributed by atoms with Crippen LogP contribution in [0.4, 0.5) is 11.8 Å². The molecule has 0 radical (unpaired) electrons. The Morgan fingerprint density at radius 1 is 0.895 bits per heavy atom. The van der Waals surface area contributed by atoms with Crippen molar-refractivity contribution in [1.29, 1.82) is 0 Å². The first kappa shape index (κ1) is 11.1. The molecule has 3 aromatic heterocycles. The van der Waals surface area contributed by atoms with Gasteiger partial charge in [0, 0.05) is 6.20 Å². The lowest BCUT2D eigenvalue weighted by molar-refractivity contribution is 0.973. The molecule has 0 saturated heterocycles. The molecule has 7 nitrogen and oxygen atoms in total. The van der Waals surface area contributed by atoms with E-state index in [4.69, 9.17) is 0 Å². The minimum absolute atomic E-state index is 0.370. The van der Waals surface area contributed by atoms with Gasteiger partial charge in [-0.3, -0.25) is 9.97 Å². The van der Waals surface area contributed by atoms with E-state index in [2.05, 4.69) is 35.5 Å². The molecule has 1 N–H and O–H groups in total. The number of pyridine rings is 1. The van der Waals surface area contributed by atoms with Crippen molar-refractivity contribution in [1.82, 2.24) is 30.1 Å². The molecule has 3 aromatic rings. The quantitative estimate of drug-likeness (QED) is 0.753. The van der Waals surface area contributed by atoms with Crippen LogP contribution in [0, 0.1) is 0 Å². The molecule has 0 unspecified atom stereocenters. The highest BCUT2D eigenvalue weighted by molar-refractivity contribution is 5.56. The van der Waals surface area contributed by atoms with Crippen LogP contribution < -0.4 is 5.32 Å². The summed E-state index contributed by atoms with van der Waals surface area (Å²) in [5.74, 6) is 0.908. The van der Waals surface area contributed by atoms with Gasteiger partial charge in [-0.2, -0.15) is 5.10 Å². The fraction of sp³-hybridized carbons (Fsp3) is 0. The van der Waals surface area contributed by atoms with Crippen LogP contribution in [0.3, 0.4) is 0 Å². The maximum Gasteiger partial charge on any atom is 0.248 e. The van der Waals surface area contributed by atoms with Crippen molar-refractivity contribution < 1.29 is 0 Å². The van der Waals surface area contributed by atoms with E-state index >= 15 is 0 Å². The minimum atomic E-state index is 0.370. The molecule has 0 fully saturated rings. The lowest BCUT2D eigenvalue weighted by atomic mass is 10.3. The molecule has 0 aliphatic carbocycles. The second kappa shape index (κ2) is 5.13. The Morgan fingerprint density at radius 2 is 1.89 bits per heavy atom. The van der Waals surface area contributed by atoms with Crippen LogP contribution in [-0.2, 0) is 0 Å². The Morgan fingerprint density at radius 3 is 2.68 bits per heavy atom. The largest absolute Gasteiger partial charge is 0.306 e. The van der Waals surface area contributed by atoms with Gasteiger partial charge in [0.1, 0.15) is 5.69 Å². The smallest absolute Gasteiger partial charge is 0.248 e. The Bertz CT molecular complexity index is 657. The number of hydrogen-bond donors (Lipinski definition) is 1. The van der Waals surface area contributed by atoms with E-state index in [1.807, 2.05) is 18.2 Å². The van der Waals surface area contributed by atoms with Gasteiger partial charge in [0.2, 0.25) is 5.95 Å². The maximum absolute atomic E-state index is 4.39. The first-order valence-electron chi connectivity index (χ1n) is 5.56. The van der Waals surface area contributed by atoms with Gasteiger partial charge >= 0.3 is 0 Å². The van der Waals surface area contributed by atoms with E-state index in [1.54, 1.807) is 24.8 Å². The molecule has 0 aliphatic rings. The third-order valence-corrected chi connectivity index (χ3v) is 2.28. The van der Waals surface area contributed by atoms with E-state index in [9.17, 15) is 0 Å². The zero-order chi connectivity index (χ0) is 12.9. The molecule has 0 saturated carbocycles. The van der Waals surface area contributed by atoms with Gasteiger partial charge in [-0.15, -0.1) is 5.10 Å². The lowest BCUT2D eigenvalue weighted by Crippen LogP contribution is -2.01. The molecule has 3 heterocycles. The molecular weight excluding hydrogens is 242 g/mol. The highest BCUT2D eigenvalue weighted by Gasteiger charge is 2.04. The fourth-order valence-corrected chi connectivity index (χ4v) is 1.48. The molecule has 0 bridgehead atoms. The molecule has 3 rings (SSSR count). The summed E-state index contributed by atoms with van der Waals surface area (Å²) in [5, 5.41) is 10.5. The third kappa shape index (κ3) is 2.65. The molecule has 0 amide bonds. The Hall–Kier alpha value is -2.96. The van der Waals surface area contributed by atoms with E-state index in [0.29, 0.717) is 17.5 Å². The number of nitrogens with zero attached hydrogens (tertiary/aromatic N) is 6. The summed E-state index contributed by atoms with van der Waals surface area (Å²) in [6.07, 6.45) is 7.99.